The van der Waals surface area contributed by atoms with Gasteiger partial charge in [-0.3, -0.25) is 19.3 Å². The summed E-state index contributed by atoms with van der Waals surface area (Å²) in [7, 11) is 1.53. The van der Waals surface area contributed by atoms with E-state index in [-0.39, 0.29) is 11.3 Å². The number of urea groups is 1. The van der Waals surface area contributed by atoms with Gasteiger partial charge in [0.25, 0.3) is 11.8 Å². The molecule has 1 aliphatic rings. The number of ether oxygens (including phenoxy) is 1. The van der Waals surface area contributed by atoms with Crippen LogP contribution in [0.5, 0.6) is 5.75 Å². The first-order valence-electron chi connectivity index (χ1n) is 11.3. The third-order valence-electron chi connectivity index (χ3n) is 5.98. The average Bonchev–Trinajstić information content (AvgIpc) is 3.08. The molecular formula is C27H26N4O5. The highest BCUT2D eigenvalue weighted by Crippen LogP contribution is 2.29. The Bertz CT molecular complexity index is 1340. The van der Waals surface area contributed by atoms with Gasteiger partial charge in [-0.05, 0) is 43.7 Å². The second-order valence-corrected chi connectivity index (χ2v) is 8.59. The van der Waals surface area contributed by atoms with Crippen LogP contribution in [-0.2, 0) is 15.1 Å². The number of anilines is 2. The second kappa shape index (κ2) is 9.91. The summed E-state index contributed by atoms with van der Waals surface area (Å²) in [6, 6.07) is 19.9. The Morgan fingerprint density at radius 2 is 1.69 bits per heavy atom. The zero-order chi connectivity index (χ0) is 25.9. The number of nitrogens with one attached hydrogen (secondary N) is 3. The number of benzene rings is 3. The van der Waals surface area contributed by atoms with Gasteiger partial charge in [-0.15, -0.1) is 0 Å². The van der Waals surface area contributed by atoms with E-state index >= 15 is 0 Å². The first-order valence-corrected chi connectivity index (χ1v) is 11.3. The van der Waals surface area contributed by atoms with Gasteiger partial charge < -0.3 is 20.7 Å². The zero-order valence-corrected chi connectivity index (χ0v) is 20.1. The van der Waals surface area contributed by atoms with E-state index in [2.05, 4.69) is 16.0 Å². The highest BCUT2D eigenvalue weighted by Gasteiger charge is 2.49. The molecule has 0 spiro atoms. The fourth-order valence-electron chi connectivity index (χ4n) is 3.95. The van der Waals surface area contributed by atoms with E-state index in [0.717, 1.165) is 10.5 Å². The van der Waals surface area contributed by atoms with Gasteiger partial charge >= 0.3 is 6.03 Å². The maximum Gasteiger partial charge on any atom is 0.325 e. The highest BCUT2D eigenvalue weighted by molar-refractivity contribution is 6.12. The molecule has 1 heterocycles. The first kappa shape index (κ1) is 24.5. The molecule has 1 fully saturated rings. The van der Waals surface area contributed by atoms with E-state index in [1.807, 2.05) is 19.1 Å². The fraction of sp³-hybridized carbons (Fsp3) is 0.185. The number of amides is 5. The van der Waals surface area contributed by atoms with E-state index in [4.69, 9.17) is 4.74 Å². The van der Waals surface area contributed by atoms with Crippen molar-refractivity contribution in [3.05, 3.63) is 89.5 Å². The Kier molecular flexibility index (Phi) is 6.73. The lowest BCUT2D eigenvalue weighted by atomic mass is 9.91. The molecule has 1 saturated heterocycles. The normalized spacial score (nSPS) is 16.9. The number of aryl methyl sites for hydroxylation is 1. The van der Waals surface area contributed by atoms with Gasteiger partial charge in [-0.25, -0.2) is 4.79 Å². The standard InChI is InChI=1S/C27H26N4O5/c1-17-11-13-18(14-12-17)27(2)25(34)31(26(35)30-27)16-23(32)29-22-10-5-4-9-21(22)24(33)28-19-7-6-8-20(15-19)36-3/h4-15H,16H2,1-3H3,(H,28,33)(H,29,32)(H,30,35). The minimum Gasteiger partial charge on any atom is -0.497 e. The van der Waals surface area contributed by atoms with Gasteiger partial charge in [0.1, 0.15) is 17.8 Å². The van der Waals surface area contributed by atoms with Crippen LogP contribution in [0.1, 0.15) is 28.4 Å². The Labute approximate surface area is 208 Å². The van der Waals surface area contributed by atoms with Crippen LogP contribution in [0.25, 0.3) is 0 Å². The molecule has 4 rings (SSSR count). The molecule has 1 unspecified atom stereocenters. The molecule has 3 aromatic rings. The number of para-hydroxylation sites is 1. The molecule has 0 radical (unpaired) electrons. The number of carbonyl (C=O) groups excluding carboxylic acids is 4. The Balaban J connectivity index is 1.47. The van der Waals surface area contributed by atoms with Crippen LogP contribution in [0.3, 0.4) is 0 Å². The number of imide groups is 1. The summed E-state index contributed by atoms with van der Waals surface area (Å²) >= 11 is 0. The van der Waals surface area contributed by atoms with Crippen LogP contribution in [0, 0.1) is 6.92 Å². The lowest BCUT2D eigenvalue weighted by Crippen LogP contribution is -2.42. The highest BCUT2D eigenvalue weighted by atomic mass is 16.5. The number of hydrogen-bond acceptors (Lipinski definition) is 5. The molecular weight excluding hydrogens is 460 g/mol. The summed E-state index contributed by atoms with van der Waals surface area (Å²) in [6.07, 6.45) is 0. The molecule has 1 aliphatic heterocycles. The number of rotatable bonds is 7. The maximum atomic E-state index is 13.1. The smallest absolute Gasteiger partial charge is 0.325 e. The van der Waals surface area contributed by atoms with Crippen molar-refractivity contribution in [1.29, 1.82) is 0 Å². The van der Waals surface area contributed by atoms with Crippen molar-refractivity contribution in [3.63, 3.8) is 0 Å². The molecule has 0 aromatic heterocycles. The van der Waals surface area contributed by atoms with Crippen molar-refractivity contribution in [3.8, 4) is 5.75 Å². The van der Waals surface area contributed by atoms with Crippen LogP contribution in [0.15, 0.2) is 72.8 Å². The molecule has 5 amide bonds. The lowest BCUT2D eigenvalue weighted by Gasteiger charge is -2.22. The van der Waals surface area contributed by atoms with Crippen LogP contribution in [0.4, 0.5) is 16.2 Å². The monoisotopic (exact) mass is 486 g/mol. The quantitative estimate of drug-likeness (QED) is 0.441. The van der Waals surface area contributed by atoms with Gasteiger partial charge in [0, 0.05) is 11.8 Å². The number of hydrogen-bond donors (Lipinski definition) is 3. The van der Waals surface area contributed by atoms with E-state index in [0.29, 0.717) is 17.0 Å². The van der Waals surface area contributed by atoms with Gasteiger partial charge in [0.2, 0.25) is 5.91 Å². The lowest BCUT2D eigenvalue weighted by molar-refractivity contribution is -0.133. The summed E-state index contributed by atoms with van der Waals surface area (Å²) in [5.74, 6) is -1.01. The Morgan fingerprint density at radius 1 is 0.972 bits per heavy atom. The fourth-order valence-corrected chi connectivity index (χ4v) is 3.95. The van der Waals surface area contributed by atoms with Gasteiger partial charge in [-0.2, -0.15) is 0 Å². The van der Waals surface area contributed by atoms with E-state index in [9.17, 15) is 19.2 Å². The molecule has 36 heavy (non-hydrogen) atoms. The Morgan fingerprint density at radius 3 is 2.42 bits per heavy atom. The maximum absolute atomic E-state index is 13.1. The minimum atomic E-state index is -1.28. The minimum absolute atomic E-state index is 0.218. The predicted molar refractivity (Wildman–Crippen MR) is 135 cm³/mol. The zero-order valence-electron chi connectivity index (χ0n) is 20.1. The van der Waals surface area contributed by atoms with Crippen molar-refractivity contribution in [2.24, 2.45) is 0 Å². The molecule has 9 nitrogen and oxygen atoms in total. The topological polar surface area (TPSA) is 117 Å². The van der Waals surface area contributed by atoms with Crippen LogP contribution in [0.2, 0.25) is 0 Å². The van der Waals surface area contributed by atoms with Gasteiger partial charge in [-0.1, -0.05) is 48.0 Å². The summed E-state index contributed by atoms with van der Waals surface area (Å²) in [6.45, 7) is 3.03. The number of carbonyl (C=O) groups is 4. The summed E-state index contributed by atoms with van der Waals surface area (Å²) < 4.78 is 5.17. The second-order valence-electron chi connectivity index (χ2n) is 8.59. The number of nitrogens with zero attached hydrogens (tertiary/aromatic N) is 1. The average molecular weight is 487 g/mol. The molecule has 9 heteroatoms. The molecule has 1 atom stereocenters. The van der Waals surface area contributed by atoms with Gasteiger partial charge in [0.05, 0.1) is 18.4 Å². The van der Waals surface area contributed by atoms with Crippen molar-refractivity contribution >= 4 is 35.1 Å². The summed E-state index contributed by atoms with van der Waals surface area (Å²) in [5, 5.41) is 8.10. The van der Waals surface area contributed by atoms with Gasteiger partial charge in [0.15, 0.2) is 0 Å². The van der Waals surface area contributed by atoms with E-state index < -0.39 is 35.8 Å². The van der Waals surface area contributed by atoms with E-state index in [1.54, 1.807) is 67.6 Å². The molecule has 3 aromatic carbocycles. The summed E-state index contributed by atoms with van der Waals surface area (Å²) in [4.78, 5) is 52.3. The molecule has 0 bridgehead atoms. The van der Waals surface area contributed by atoms with Crippen LogP contribution in [-0.4, -0.2) is 42.3 Å². The molecule has 184 valence electrons. The molecule has 3 N–H and O–H groups in total. The Hall–Kier alpha value is -4.66. The molecule has 0 saturated carbocycles. The van der Waals surface area contributed by atoms with Crippen LogP contribution < -0.4 is 20.7 Å². The van der Waals surface area contributed by atoms with Crippen molar-refractivity contribution < 1.29 is 23.9 Å². The van der Waals surface area contributed by atoms with Crippen LogP contribution >= 0.6 is 0 Å². The largest absolute Gasteiger partial charge is 0.497 e. The van der Waals surface area contributed by atoms with Crippen molar-refractivity contribution in [2.45, 2.75) is 19.4 Å². The van der Waals surface area contributed by atoms with E-state index in [1.165, 1.54) is 7.11 Å². The number of methoxy groups -OCH3 is 1. The third-order valence-corrected chi connectivity index (χ3v) is 5.98. The SMILES string of the molecule is COc1cccc(NC(=O)c2ccccc2NC(=O)CN2C(=O)NC(C)(c3ccc(C)cc3)C2=O)c1. The van der Waals surface area contributed by atoms with Crippen molar-refractivity contribution in [2.75, 3.05) is 24.3 Å². The first-order chi connectivity index (χ1) is 17.2. The predicted octanol–water partition coefficient (Wildman–Crippen LogP) is 3.66. The third kappa shape index (κ3) is 4.90. The van der Waals surface area contributed by atoms with Crippen molar-refractivity contribution in [1.82, 2.24) is 10.2 Å². The summed E-state index contributed by atoms with van der Waals surface area (Å²) in [5.41, 5.74) is 1.35. The molecule has 0 aliphatic carbocycles.